The zero-order chi connectivity index (χ0) is 20.1. The maximum atomic E-state index is 10.3. The van der Waals surface area contributed by atoms with E-state index in [0.29, 0.717) is 0 Å². The van der Waals surface area contributed by atoms with Crippen LogP contribution in [0.15, 0.2) is 48.7 Å². The SMILES string of the molecule is COc1cccc2c1ncc1c(CO)c([Si](C)(C)C)n(-c3ccccc3C)c12. The topological polar surface area (TPSA) is 47.3 Å². The van der Waals surface area contributed by atoms with E-state index < -0.39 is 8.07 Å². The van der Waals surface area contributed by atoms with E-state index in [-0.39, 0.29) is 6.61 Å². The number of aliphatic hydroxyl groups excluding tert-OH is 1. The highest BCUT2D eigenvalue weighted by molar-refractivity contribution is 6.89. The zero-order valence-electron chi connectivity index (χ0n) is 17.1. The average Bonchev–Trinajstić information content (AvgIpc) is 3.02. The Balaban J connectivity index is 2.30. The van der Waals surface area contributed by atoms with Crippen LogP contribution in [0.2, 0.25) is 19.6 Å². The Morgan fingerprint density at radius 1 is 1.04 bits per heavy atom. The Bertz CT molecular complexity index is 1190. The molecule has 0 fully saturated rings. The highest BCUT2D eigenvalue weighted by Crippen LogP contribution is 2.35. The summed E-state index contributed by atoms with van der Waals surface area (Å²) in [4.78, 5) is 4.71. The molecule has 0 atom stereocenters. The lowest BCUT2D eigenvalue weighted by Crippen LogP contribution is -2.44. The number of para-hydroxylation sites is 2. The van der Waals surface area contributed by atoms with Crippen molar-refractivity contribution in [2.75, 3.05) is 7.11 Å². The van der Waals surface area contributed by atoms with Crippen LogP contribution in [0.25, 0.3) is 27.5 Å². The first kappa shape index (κ1) is 18.7. The average molecular weight is 391 g/mol. The Hall–Kier alpha value is -2.63. The van der Waals surface area contributed by atoms with Crippen molar-refractivity contribution in [2.24, 2.45) is 0 Å². The van der Waals surface area contributed by atoms with Crippen molar-refractivity contribution < 1.29 is 9.84 Å². The molecule has 5 heteroatoms. The van der Waals surface area contributed by atoms with Crippen molar-refractivity contribution in [3.63, 3.8) is 0 Å². The van der Waals surface area contributed by atoms with Gasteiger partial charge < -0.3 is 14.4 Å². The second kappa shape index (κ2) is 6.76. The molecule has 0 unspecified atom stereocenters. The number of aromatic nitrogens is 2. The minimum absolute atomic E-state index is 0.00609. The molecular formula is C23H26N2O2Si. The van der Waals surface area contributed by atoms with Crippen LogP contribution in [0.3, 0.4) is 0 Å². The van der Waals surface area contributed by atoms with Crippen LogP contribution in [-0.2, 0) is 6.61 Å². The molecule has 1 N–H and O–H groups in total. The molecule has 4 rings (SSSR count). The van der Waals surface area contributed by atoms with Gasteiger partial charge in [0.2, 0.25) is 0 Å². The fraction of sp³-hybridized carbons (Fsp3) is 0.261. The molecule has 28 heavy (non-hydrogen) atoms. The van der Waals surface area contributed by atoms with Gasteiger partial charge in [-0.25, -0.2) is 0 Å². The predicted molar refractivity (Wildman–Crippen MR) is 119 cm³/mol. The molecule has 0 amide bonds. The molecule has 4 nitrogen and oxygen atoms in total. The zero-order valence-corrected chi connectivity index (χ0v) is 18.1. The lowest BCUT2D eigenvalue weighted by Gasteiger charge is -2.23. The summed E-state index contributed by atoms with van der Waals surface area (Å²) >= 11 is 0. The van der Waals surface area contributed by atoms with E-state index in [2.05, 4.69) is 61.5 Å². The first-order valence-electron chi connectivity index (χ1n) is 9.54. The van der Waals surface area contributed by atoms with Gasteiger partial charge in [-0.3, -0.25) is 4.98 Å². The quantitative estimate of drug-likeness (QED) is 0.521. The maximum absolute atomic E-state index is 10.3. The number of rotatable bonds is 4. The molecule has 0 saturated heterocycles. The first-order valence-corrected chi connectivity index (χ1v) is 13.0. The third-order valence-electron chi connectivity index (χ3n) is 5.33. The number of hydrogen-bond acceptors (Lipinski definition) is 3. The molecule has 0 bridgehead atoms. The summed E-state index contributed by atoms with van der Waals surface area (Å²) in [7, 11) is -0.123. The van der Waals surface area contributed by atoms with Gasteiger partial charge in [-0.1, -0.05) is 50.0 Å². The maximum Gasteiger partial charge on any atom is 0.145 e. The minimum Gasteiger partial charge on any atom is -0.494 e. The van der Waals surface area contributed by atoms with Crippen LogP contribution in [0.1, 0.15) is 11.1 Å². The Labute approximate surface area is 166 Å². The molecule has 2 aromatic carbocycles. The number of hydrogen-bond donors (Lipinski definition) is 1. The summed E-state index contributed by atoms with van der Waals surface area (Å²) in [6.07, 6.45) is 1.89. The first-order chi connectivity index (χ1) is 13.4. The molecule has 144 valence electrons. The van der Waals surface area contributed by atoms with Gasteiger partial charge in [-0.05, 0) is 24.6 Å². The lowest BCUT2D eigenvalue weighted by atomic mass is 10.1. The highest BCUT2D eigenvalue weighted by atomic mass is 28.3. The van der Waals surface area contributed by atoms with E-state index in [1.54, 1.807) is 7.11 Å². The molecule has 0 saturated carbocycles. The summed E-state index contributed by atoms with van der Waals surface area (Å²) in [6, 6.07) is 14.5. The van der Waals surface area contributed by atoms with E-state index in [9.17, 15) is 5.11 Å². The van der Waals surface area contributed by atoms with Crippen molar-refractivity contribution in [2.45, 2.75) is 33.2 Å². The van der Waals surface area contributed by atoms with E-state index in [1.807, 2.05) is 18.3 Å². The minimum atomic E-state index is -1.80. The summed E-state index contributed by atoms with van der Waals surface area (Å²) in [5.41, 5.74) is 5.29. The Morgan fingerprint density at radius 2 is 1.79 bits per heavy atom. The molecule has 0 aliphatic heterocycles. The second-order valence-electron chi connectivity index (χ2n) is 8.23. The van der Waals surface area contributed by atoms with E-state index in [4.69, 9.17) is 9.72 Å². The third-order valence-corrected chi connectivity index (χ3v) is 7.28. The van der Waals surface area contributed by atoms with Crippen LogP contribution in [0.5, 0.6) is 5.75 Å². The fourth-order valence-electron chi connectivity index (χ4n) is 4.19. The van der Waals surface area contributed by atoms with Gasteiger partial charge in [-0.2, -0.15) is 0 Å². The van der Waals surface area contributed by atoms with Crippen molar-refractivity contribution in [1.82, 2.24) is 9.55 Å². The number of ether oxygens (including phenoxy) is 1. The van der Waals surface area contributed by atoms with Crippen molar-refractivity contribution in [3.05, 3.63) is 59.8 Å². The van der Waals surface area contributed by atoms with Gasteiger partial charge in [0.05, 0.1) is 27.3 Å². The van der Waals surface area contributed by atoms with Crippen LogP contribution in [0, 0.1) is 6.92 Å². The summed E-state index contributed by atoms with van der Waals surface area (Å²) in [5.74, 6) is 0.761. The Morgan fingerprint density at radius 3 is 2.43 bits per heavy atom. The fourth-order valence-corrected chi connectivity index (χ4v) is 6.21. The number of benzene rings is 2. The number of nitrogens with zero attached hydrogens (tertiary/aromatic N) is 2. The number of fused-ring (bicyclic) bond motifs is 3. The largest absolute Gasteiger partial charge is 0.494 e. The second-order valence-corrected chi connectivity index (χ2v) is 13.2. The van der Waals surface area contributed by atoms with Crippen molar-refractivity contribution >= 4 is 35.2 Å². The van der Waals surface area contributed by atoms with Gasteiger partial charge in [-0.15, -0.1) is 0 Å². The van der Waals surface area contributed by atoms with E-state index in [1.165, 1.54) is 10.9 Å². The summed E-state index contributed by atoms with van der Waals surface area (Å²) < 4.78 is 7.93. The molecule has 0 aliphatic carbocycles. The van der Waals surface area contributed by atoms with Crippen LogP contribution in [-0.4, -0.2) is 29.8 Å². The van der Waals surface area contributed by atoms with Crippen LogP contribution in [0.4, 0.5) is 0 Å². The molecule has 0 aliphatic rings. The smallest absolute Gasteiger partial charge is 0.145 e. The highest BCUT2D eigenvalue weighted by Gasteiger charge is 2.30. The van der Waals surface area contributed by atoms with Crippen LogP contribution < -0.4 is 10.1 Å². The third kappa shape index (κ3) is 2.74. The van der Waals surface area contributed by atoms with Gasteiger partial charge in [0, 0.05) is 33.5 Å². The van der Waals surface area contributed by atoms with Gasteiger partial charge in [0.15, 0.2) is 0 Å². The van der Waals surface area contributed by atoms with Crippen molar-refractivity contribution in [3.8, 4) is 11.4 Å². The predicted octanol–water partition coefficient (Wildman–Crippen LogP) is 4.53. The molecule has 0 spiro atoms. The number of aliphatic hydroxyl groups is 1. The van der Waals surface area contributed by atoms with Crippen molar-refractivity contribution in [1.29, 1.82) is 0 Å². The number of methoxy groups -OCH3 is 1. The van der Waals surface area contributed by atoms with E-state index in [0.717, 1.165) is 38.8 Å². The van der Waals surface area contributed by atoms with E-state index >= 15 is 0 Å². The molecular weight excluding hydrogens is 364 g/mol. The van der Waals surface area contributed by atoms with Gasteiger partial charge >= 0.3 is 0 Å². The number of pyridine rings is 1. The normalized spacial score (nSPS) is 12.1. The standard InChI is InChI=1S/C23H26N2O2Si/c1-15-9-6-7-11-19(15)25-22-16-10-8-12-20(27-2)21(16)24-13-17(22)18(14-26)23(25)28(3,4)5/h6-13,26H,14H2,1-5H3. The number of aryl methyl sites for hydroxylation is 1. The molecule has 4 aromatic rings. The Kier molecular flexibility index (Phi) is 4.52. The van der Waals surface area contributed by atoms with Crippen LogP contribution >= 0.6 is 0 Å². The molecule has 2 aromatic heterocycles. The van der Waals surface area contributed by atoms with Gasteiger partial charge in [0.1, 0.15) is 11.3 Å². The summed E-state index contributed by atoms with van der Waals surface area (Å²) in [5, 5.41) is 13.6. The van der Waals surface area contributed by atoms with Gasteiger partial charge in [0.25, 0.3) is 0 Å². The lowest BCUT2D eigenvalue weighted by molar-refractivity contribution is 0.284. The molecule has 0 radical (unpaired) electrons. The monoisotopic (exact) mass is 390 g/mol. The summed E-state index contributed by atoms with van der Waals surface area (Å²) in [6.45, 7) is 9.12. The molecule has 2 heterocycles.